The van der Waals surface area contributed by atoms with Gasteiger partial charge in [-0.2, -0.15) is 0 Å². The van der Waals surface area contributed by atoms with E-state index in [0.717, 1.165) is 30.3 Å². The van der Waals surface area contributed by atoms with Gasteiger partial charge in [0.2, 0.25) is 5.91 Å². The van der Waals surface area contributed by atoms with Gasteiger partial charge < -0.3 is 24.7 Å². The third-order valence-electron chi connectivity index (χ3n) is 8.93. The number of nitrogens with one attached hydrogen (secondary N) is 1. The van der Waals surface area contributed by atoms with E-state index in [0.29, 0.717) is 30.7 Å². The molecule has 7 unspecified atom stereocenters. The molecule has 1 aromatic carbocycles. The molecule has 1 aromatic heterocycles. The number of carbonyl (C=O) groups is 2. The van der Waals surface area contributed by atoms with E-state index in [-0.39, 0.29) is 41.8 Å². The smallest absolute Gasteiger partial charge is 0.223 e. The first kappa shape index (κ1) is 29.4. The van der Waals surface area contributed by atoms with Crippen LogP contribution in [0.4, 0.5) is 0 Å². The molecule has 2 saturated heterocycles. The Bertz CT molecular complexity index is 1200. The van der Waals surface area contributed by atoms with Crippen LogP contribution in [-0.4, -0.2) is 50.8 Å². The highest BCUT2D eigenvalue weighted by Gasteiger charge is 2.52. The van der Waals surface area contributed by atoms with Crippen molar-refractivity contribution in [1.29, 1.82) is 0 Å². The average Bonchev–Trinajstić information content (AvgIpc) is 3.34. The first-order valence-electron chi connectivity index (χ1n) is 14.2. The molecule has 3 N–H and O–H groups in total. The molecule has 0 radical (unpaired) electrons. The van der Waals surface area contributed by atoms with Gasteiger partial charge in [-0.15, -0.1) is 6.58 Å². The number of ketones is 1. The summed E-state index contributed by atoms with van der Waals surface area (Å²) in [7, 11) is 0. The molecule has 39 heavy (non-hydrogen) atoms. The molecule has 2 aliphatic heterocycles. The molecule has 4 rings (SSSR count). The lowest BCUT2D eigenvalue weighted by molar-refractivity contribution is -0.144. The van der Waals surface area contributed by atoms with Gasteiger partial charge in [0.25, 0.3) is 0 Å². The van der Waals surface area contributed by atoms with E-state index < -0.39 is 23.5 Å². The van der Waals surface area contributed by atoms with Gasteiger partial charge in [0.1, 0.15) is 11.3 Å². The molecule has 3 heterocycles. The molecule has 2 aromatic rings. The average molecular weight is 541 g/mol. The normalized spacial score (nSPS) is 34.3. The number of ether oxygens (including phenoxy) is 1. The second-order valence-corrected chi connectivity index (χ2v) is 12.4. The first-order chi connectivity index (χ1) is 18.4. The Balaban J connectivity index is 1.62. The lowest BCUT2D eigenvalue weighted by Gasteiger charge is -2.36. The Morgan fingerprint density at radius 3 is 2.69 bits per heavy atom. The van der Waals surface area contributed by atoms with E-state index in [2.05, 4.69) is 23.8 Å². The summed E-state index contributed by atoms with van der Waals surface area (Å²) < 4.78 is 11.8. The number of amides is 1. The lowest BCUT2D eigenvalue weighted by atomic mass is 9.71. The van der Waals surface area contributed by atoms with Gasteiger partial charge in [0, 0.05) is 19.3 Å². The summed E-state index contributed by atoms with van der Waals surface area (Å²) in [5.74, 6) is -0.750. The summed E-state index contributed by atoms with van der Waals surface area (Å²) in [6, 6.07) is 5.35. The van der Waals surface area contributed by atoms with Crippen LogP contribution in [0.3, 0.4) is 0 Å². The largest absolute Gasteiger partial charge is 0.441 e. The second-order valence-electron chi connectivity index (χ2n) is 12.4. The number of oxazole rings is 1. The number of hydrogen-bond donors (Lipinski definition) is 3. The molecular weight excluding hydrogens is 496 g/mol. The number of Topliss-reactive ketones (excluding diaryl/α,β-unsaturated/α-hetero) is 1. The monoisotopic (exact) mass is 540 g/mol. The number of benzene rings is 1. The van der Waals surface area contributed by atoms with Crippen LogP contribution >= 0.6 is 0 Å². The summed E-state index contributed by atoms with van der Waals surface area (Å²) in [5.41, 5.74) is 0.760. The van der Waals surface area contributed by atoms with Crippen molar-refractivity contribution in [2.45, 2.75) is 110 Å². The van der Waals surface area contributed by atoms with Crippen LogP contribution < -0.4 is 5.32 Å². The van der Waals surface area contributed by atoms with Gasteiger partial charge in [-0.25, -0.2) is 4.98 Å². The quantitative estimate of drug-likeness (QED) is 0.370. The lowest BCUT2D eigenvalue weighted by Crippen LogP contribution is -2.47. The molecule has 7 atom stereocenters. The van der Waals surface area contributed by atoms with Crippen LogP contribution in [0.25, 0.3) is 11.1 Å². The fraction of sp³-hybridized carbons (Fsp3) is 0.645. The van der Waals surface area contributed by atoms with E-state index >= 15 is 0 Å². The maximum absolute atomic E-state index is 13.7. The summed E-state index contributed by atoms with van der Waals surface area (Å²) in [6.07, 6.45) is 3.46. The number of aliphatic hydroxyl groups excluding tert-OH is 2. The minimum atomic E-state index is -1.22. The predicted molar refractivity (Wildman–Crippen MR) is 149 cm³/mol. The van der Waals surface area contributed by atoms with Crippen molar-refractivity contribution in [2.75, 3.05) is 0 Å². The van der Waals surface area contributed by atoms with E-state index in [1.54, 1.807) is 26.8 Å². The van der Waals surface area contributed by atoms with Gasteiger partial charge in [-0.1, -0.05) is 39.3 Å². The minimum Gasteiger partial charge on any atom is -0.441 e. The molecule has 1 amide bonds. The van der Waals surface area contributed by atoms with Crippen molar-refractivity contribution in [3.63, 3.8) is 0 Å². The number of nitrogens with zero attached hydrogens (tertiary/aromatic N) is 1. The zero-order valence-electron chi connectivity index (χ0n) is 23.9. The molecule has 8 nitrogen and oxygen atoms in total. The number of aliphatic hydroxyl groups is 2. The standard InChI is InChI=1S/C31H44N2O6/c1-7-8-11-21-28(36)18(2)10-9-14-31(6)26(39-31)16-22(20-12-13-24-23(15-20)32-19(3)38-24)33-27(35)17-25(34)30(4,5)29(21)37/h7,12-13,15,18,21-22,25-26,28,34,36H,1,8-11,14,16-17H2,2-6H3,(H,33,35). The summed E-state index contributed by atoms with van der Waals surface area (Å²) >= 11 is 0. The molecule has 214 valence electrons. The molecule has 2 aliphatic rings. The molecule has 0 bridgehead atoms. The third kappa shape index (κ3) is 6.44. The zero-order chi connectivity index (χ0) is 28.5. The Kier molecular flexibility index (Phi) is 8.69. The number of hydrogen-bond acceptors (Lipinski definition) is 7. The highest BCUT2D eigenvalue weighted by molar-refractivity contribution is 5.88. The molecule has 2 fully saturated rings. The van der Waals surface area contributed by atoms with E-state index in [1.165, 1.54) is 0 Å². The van der Waals surface area contributed by atoms with Crippen molar-refractivity contribution in [1.82, 2.24) is 10.3 Å². The number of epoxide rings is 1. The molecule has 8 heteroatoms. The number of aryl methyl sites for hydroxylation is 1. The van der Waals surface area contributed by atoms with Crippen molar-refractivity contribution >= 4 is 22.8 Å². The third-order valence-corrected chi connectivity index (χ3v) is 8.93. The van der Waals surface area contributed by atoms with Gasteiger partial charge in [-0.3, -0.25) is 9.59 Å². The van der Waals surface area contributed by atoms with Crippen LogP contribution in [0, 0.1) is 24.2 Å². The molecule has 0 aliphatic carbocycles. The van der Waals surface area contributed by atoms with Crippen LogP contribution in [0.2, 0.25) is 0 Å². The number of aromatic nitrogens is 1. The van der Waals surface area contributed by atoms with E-state index in [1.807, 2.05) is 25.1 Å². The highest BCUT2D eigenvalue weighted by Crippen LogP contribution is 2.46. The van der Waals surface area contributed by atoms with E-state index in [4.69, 9.17) is 9.15 Å². The van der Waals surface area contributed by atoms with Gasteiger partial charge >= 0.3 is 0 Å². The predicted octanol–water partition coefficient (Wildman–Crippen LogP) is 4.95. The van der Waals surface area contributed by atoms with Gasteiger partial charge in [0.15, 0.2) is 11.5 Å². The Hall–Kier alpha value is -2.55. The number of carbonyl (C=O) groups excluding carboxylic acids is 2. The topological polar surface area (TPSA) is 125 Å². The van der Waals surface area contributed by atoms with Crippen molar-refractivity contribution in [3.8, 4) is 0 Å². The SMILES string of the molecule is C=CCCC1C(=O)C(C)(C)C(O)CC(=O)NC(c2ccc3oc(C)nc3c2)CC2OC2(C)CCCC(C)C1O. The van der Waals surface area contributed by atoms with E-state index in [9.17, 15) is 19.8 Å². The minimum absolute atomic E-state index is 0.0334. The Morgan fingerprint density at radius 1 is 1.23 bits per heavy atom. The first-order valence-corrected chi connectivity index (χ1v) is 14.2. The number of rotatable bonds is 4. The molecular formula is C31H44N2O6. The number of fused-ring (bicyclic) bond motifs is 2. The van der Waals surface area contributed by atoms with Gasteiger partial charge in [-0.05, 0) is 56.2 Å². The van der Waals surface area contributed by atoms with Gasteiger partial charge in [0.05, 0.1) is 41.8 Å². The summed E-state index contributed by atoms with van der Waals surface area (Å²) in [6.45, 7) is 13.0. The zero-order valence-corrected chi connectivity index (χ0v) is 23.9. The fourth-order valence-electron chi connectivity index (χ4n) is 6.00. The highest BCUT2D eigenvalue weighted by atomic mass is 16.6. The van der Waals surface area contributed by atoms with Crippen LogP contribution in [0.1, 0.15) is 90.1 Å². The number of allylic oxidation sites excluding steroid dienone is 1. The van der Waals surface area contributed by atoms with Crippen molar-refractivity contribution in [3.05, 3.63) is 42.3 Å². The fourth-order valence-corrected chi connectivity index (χ4v) is 6.00. The Labute approximate surface area is 231 Å². The van der Waals surface area contributed by atoms with Crippen LogP contribution in [0.5, 0.6) is 0 Å². The molecule has 0 saturated carbocycles. The Morgan fingerprint density at radius 2 is 1.97 bits per heavy atom. The maximum atomic E-state index is 13.7. The van der Waals surface area contributed by atoms with Crippen molar-refractivity contribution in [2.24, 2.45) is 17.3 Å². The van der Waals surface area contributed by atoms with Crippen LogP contribution in [0.15, 0.2) is 35.3 Å². The van der Waals surface area contributed by atoms with Crippen molar-refractivity contribution < 1.29 is 29.0 Å². The van der Waals surface area contributed by atoms with Crippen LogP contribution in [-0.2, 0) is 14.3 Å². The second kappa shape index (κ2) is 11.5. The maximum Gasteiger partial charge on any atom is 0.223 e. The summed E-state index contributed by atoms with van der Waals surface area (Å²) in [5, 5.41) is 25.5. The molecule has 0 spiro atoms. The summed E-state index contributed by atoms with van der Waals surface area (Å²) in [4.78, 5) is 31.5.